The molecule has 1 heterocycles. The van der Waals surface area contributed by atoms with Crippen LogP contribution in [0.3, 0.4) is 0 Å². The van der Waals surface area contributed by atoms with Crippen LogP contribution in [0.25, 0.3) is 0 Å². The summed E-state index contributed by atoms with van der Waals surface area (Å²) in [6, 6.07) is 0. The summed E-state index contributed by atoms with van der Waals surface area (Å²) in [5.74, 6) is -4.93. The summed E-state index contributed by atoms with van der Waals surface area (Å²) in [6.07, 6.45) is 0.781. The zero-order chi connectivity index (χ0) is 12.3. The molecular weight excluding hydrogens is 222 g/mol. The molecule has 16 heavy (non-hydrogen) atoms. The number of carbonyl (C=O) groups excluding carboxylic acids is 1. The van der Waals surface area contributed by atoms with E-state index in [1.807, 2.05) is 4.98 Å². The number of H-pyrrole nitrogens is 1. The second kappa shape index (κ2) is 4.38. The van der Waals surface area contributed by atoms with Crippen LogP contribution >= 0.6 is 0 Å². The third-order valence-electron chi connectivity index (χ3n) is 1.71. The van der Waals surface area contributed by atoms with E-state index >= 15 is 0 Å². The molecule has 0 bridgehead atoms. The quantitative estimate of drug-likeness (QED) is 0.791. The van der Waals surface area contributed by atoms with Crippen LogP contribution in [0.1, 0.15) is 30.0 Å². The predicted molar refractivity (Wildman–Crippen MR) is 50.4 cm³/mol. The number of aromatic amines is 1. The fourth-order valence-electron chi connectivity index (χ4n) is 0.972. The monoisotopic (exact) mass is 232 g/mol. The van der Waals surface area contributed by atoms with Gasteiger partial charge < -0.3 is 9.72 Å². The summed E-state index contributed by atoms with van der Waals surface area (Å²) in [6.45, 7) is 2.24. The number of alkyl halides is 2. The highest BCUT2D eigenvalue weighted by Crippen LogP contribution is 2.21. The van der Waals surface area contributed by atoms with Crippen LogP contribution in [0.2, 0.25) is 0 Å². The van der Waals surface area contributed by atoms with Gasteiger partial charge in [-0.25, -0.2) is 9.78 Å². The minimum absolute atomic E-state index is 0.0873. The Hall–Kier alpha value is -1.79. The highest BCUT2D eigenvalue weighted by atomic mass is 19.3. The third kappa shape index (κ3) is 2.62. The molecular formula is C9H10F2N2O3. The van der Waals surface area contributed by atoms with Gasteiger partial charge in [0.15, 0.2) is 5.82 Å². The molecule has 7 heteroatoms. The minimum atomic E-state index is -3.26. The number of esters is 1. The van der Waals surface area contributed by atoms with Crippen LogP contribution in [0.5, 0.6) is 0 Å². The summed E-state index contributed by atoms with van der Waals surface area (Å²) >= 11 is 0. The second-order valence-electron chi connectivity index (χ2n) is 3.08. The van der Waals surface area contributed by atoms with Crippen molar-refractivity contribution in [3.8, 4) is 0 Å². The molecule has 0 radical (unpaired) electrons. The molecule has 0 unspecified atom stereocenters. The summed E-state index contributed by atoms with van der Waals surface area (Å²) < 4.78 is 30.1. The normalized spacial score (nSPS) is 11.2. The molecule has 0 aliphatic carbocycles. The average Bonchev–Trinajstić information content (AvgIpc) is 2.16. The van der Waals surface area contributed by atoms with Crippen molar-refractivity contribution in [3.05, 3.63) is 27.9 Å². The highest BCUT2D eigenvalue weighted by Gasteiger charge is 2.28. The number of aromatic nitrogens is 2. The van der Waals surface area contributed by atoms with Crippen LogP contribution in [0.15, 0.2) is 11.0 Å². The van der Waals surface area contributed by atoms with Crippen molar-refractivity contribution in [1.82, 2.24) is 9.97 Å². The van der Waals surface area contributed by atoms with Gasteiger partial charge in [0.05, 0.1) is 6.61 Å². The third-order valence-corrected chi connectivity index (χ3v) is 1.71. The van der Waals surface area contributed by atoms with Gasteiger partial charge in [0.2, 0.25) is 0 Å². The maximum absolute atomic E-state index is 12.8. The van der Waals surface area contributed by atoms with Crippen molar-refractivity contribution in [2.45, 2.75) is 19.8 Å². The largest absolute Gasteiger partial charge is 0.462 e. The fraction of sp³-hybridized carbons (Fsp3) is 0.444. The smallest absolute Gasteiger partial charge is 0.345 e. The number of hydrogen-bond acceptors (Lipinski definition) is 4. The molecule has 5 nitrogen and oxygen atoms in total. The highest BCUT2D eigenvalue weighted by molar-refractivity contribution is 5.88. The molecule has 88 valence electrons. The summed E-state index contributed by atoms with van der Waals surface area (Å²) in [5.41, 5.74) is -1.33. The maximum Gasteiger partial charge on any atom is 0.345 e. The van der Waals surface area contributed by atoms with Crippen molar-refractivity contribution >= 4 is 5.97 Å². The van der Waals surface area contributed by atoms with Gasteiger partial charge in [0, 0.05) is 13.1 Å². The predicted octanol–water partition coefficient (Wildman–Crippen LogP) is 1.06. The van der Waals surface area contributed by atoms with Crippen molar-refractivity contribution in [3.63, 3.8) is 0 Å². The lowest BCUT2D eigenvalue weighted by molar-refractivity contribution is 0.00718. The van der Waals surface area contributed by atoms with E-state index in [9.17, 15) is 18.4 Å². The Kier molecular flexibility index (Phi) is 3.36. The molecule has 0 aliphatic rings. The second-order valence-corrected chi connectivity index (χ2v) is 3.08. The molecule has 0 aromatic carbocycles. The van der Waals surface area contributed by atoms with E-state index in [1.165, 1.54) is 0 Å². The maximum atomic E-state index is 12.8. The first-order valence-corrected chi connectivity index (χ1v) is 4.51. The number of nitrogens with one attached hydrogen (secondary N) is 1. The van der Waals surface area contributed by atoms with Gasteiger partial charge in [-0.15, -0.1) is 0 Å². The minimum Gasteiger partial charge on any atom is -0.462 e. The van der Waals surface area contributed by atoms with Crippen molar-refractivity contribution in [1.29, 1.82) is 0 Å². The Labute approximate surface area is 89.5 Å². The van der Waals surface area contributed by atoms with Gasteiger partial charge in [-0.1, -0.05) is 0 Å². The molecule has 0 spiro atoms. The molecule has 1 rings (SSSR count). The van der Waals surface area contributed by atoms with Crippen LogP contribution in [0.4, 0.5) is 8.78 Å². The Balaban J connectivity index is 3.11. The zero-order valence-electron chi connectivity index (χ0n) is 8.71. The Bertz CT molecular complexity index is 451. The zero-order valence-corrected chi connectivity index (χ0v) is 8.71. The fourth-order valence-corrected chi connectivity index (χ4v) is 0.972. The van der Waals surface area contributed by atoms with E-state index in [-0.39, 0.29) is 6.61 Å². The molecule has 1 N–H and O–H groups in total. The summed E-state index contributed by atoms with van der Waals surface area (Å²) in [7, 11) is 0. The SMILES string of the molecule is CCOC(=O)c1cnc(C(C)(F)F)[nH]c1=O. The number of nitrogens with zero attached hydrogens (tertiary/aromatic N) is 1. The number of ether oxygens (including phenoxy) is 1. The topological polar surface area (TPSA) is 72.0 Å². The lowest BCUT2D eigenvalue weighted by Crippen LogP contribution is -2.25. The molecule has 0 saturated heterocycles. The van der Waals surface area contributed by atoms with Gasteiger partial charge in [-0.05, 0) is 6.92 Å². The number of halogens is 2. The average molecular weight is 232 g/mol. The van der Waals surface area contributed by atoms with Crippen LogP contribution < -0.4 is 5.56 Å². The molecule has 1 aromatic heterocycles. The number of carbonyl (C=O) groups is 1. The summed E-state index contributed by atoms with van der Waals surface area (Å²) in [5, 5.41) is 0. The first kappa shape index (κ1) is 12.3. The Morgan fingerprint density at radius 1 is 1.62 bits per heavy atom. The number of rotatable bonds is 3. The Morgan fingerprint density at radius 3 is 2.69 bits per heavy atom. The van der Waals surface area contributed by atoms with Crippen LogP contribution in [0, 0.1) is 0 Å². The van der Waals surface area contributed by atoms with Gasteiger partial charge in [0.25, 0.3) is 5.56 Å². The van der Waals surface area contributed by atoms with E-state index in [0.29, 0.717) is 6.92 Å². The number of hydrogen-bond donors (Lipinski definition) is 1. The Morgan fingerprint density at radius 2 is 2.25 bits per heavy atom. The molecule has 0 amide bonds. The first-order valence-electron chi connectivity index (χ1n) is 4.51. The van der Waals surface area contributed by atoms with Gasteiger partial charge >= 0.3 is 11.9 Å². The van der Waals surface area contributed by atoms with Crippen LogP contribution in [-0.2, 0) is 10.7 Å². The van der Waals surface area contributed by atoms with E-state index < -0.39 is 28.8 Å². The molecule has 1 aromatic rings. The molecule has 0 fully saturated rings. The lowest BCUT2D eigenvalue weighted by Gasteiger charge is -2.08. The molecule has 0 saturated carbocycles. The first-order chi connectivity index (χ1) is 7.36. The van der Waals surface area contributed by atoms with Gasteiger partial charge in [-0.3, -0.25) is 4.79 Å². The van der Waals surface area contributed by atoms with Crippen molar-refractivity contribution in [2.24, 2.45) is 0 Å². The van der Waals surface area contributed by atoms with Gasteiger partial charge in [0.1, 0.15) is 5.56 Å². The standard InChI is InChI=1S/C9H10F2N2O3/c1-3-16-7(15)5-4-12-8(9(2,10)11)13-6(5)14/h4H,3H2,1-2H3,(H,12,13,14). The van der Waals surface area contributed by atoms with Crippen molar-refractivity contribution in [2.75, 3.05) is 6.61 Å². The summed E-state index contributed by atoms with van der Waals surface area (Å²) in [4.78, 5) is 27.6. The van der Waals surface area contributed by atoms with E-state index in [2.05, 4.69) is 9.72 Å². The van der Waals surface area contributed by atoms with E-state index in [0.717, 1.165) is 6.20 Å². The van der Waals surface area contributed by atoms with E-state index in [4.69, 9.17) is 0 Å². The molecule has 0 aliphatic heterocycles. The lowest BCUT2D eigenvalue weighted by atomic mass is 10.3. The van der Waals surface area contributed by atoms with Crippen LogP contribution in [-0.4, -0.2) is 22.5 Å². The van der Waals surface area contributed by atoms with E-state index in [1.54, 1.807) is 6.92 Å². The molecule has 0 atom stereocenters. The van der Waals surface area contributed by atoms with Gasteiger partial charge in [-0.2, -0.15) is 8.78 Å². The van der Waals surface area contributed by atoms with Crippen molar-refractivity contribution < 1.29 is 18.3 Å².